The summed E-state index contributed by atoms with van der Waals surface area (Å²) >= 11 is 0. The number of imidazole rings is 1. The standard InChI is InChI=1S/C10H13N3/c1-8(11)5-9-3-2-4-13-7-12-6-10(9)13/h2-4,6-8H,5,11H2,1H3. The number of nitrogens with zero attached hydrogens (tertiary/aromatic N) is 2. The van der Waals surface area contributed by atoms with Gasteiger partial charge >= 0.3 is 0 Å². The molecule has 0 bridgehead atoms. The smallest absolute Gasteiger partial charge is 0.0992 e. The largest absolute Gasteiger partial charge is 0.328 e. The molecule has 68 valence electrons. The molecule has 0 aliphatic carbocycles. The molecule has 0 aromatic carbocycles. The SMILES string of the molecule is CC(N)Cc1cccn2cncc12. The zero-order valence-electron chi connectivity index (χ0n) is 7.64. The maximum atomic E-state index is 5.75. The van der Waals surface area contributed by atoms with E-state index in [2.05, 4.69) is 11.1 Å². The molecule has 2 aromatic heterocycles. The van der Waals surface area contributed by atoms with Crippen LogP contribution in [0.25, 0.3) is 5.52 Å². The Balaban J connectivity index is 2.48. The molecule has 0 saturated heterocycles. The molecule has 1 atom stereocenters. The van der Waals surface area contributed by atoms with Gasteiger partial charge < -0.3 is 10.1 Å². The van der Waals surface area contributed by atoms with E-state index in [-0.39, 0.29) is 6.04 Å². The first-order valence-electron chi connectivity index (χ1n) is 4.42. The molecule has 3 heteroatoms. The molecular weight excluding hydrogens is 162 g/mol. The molecule has 0 saturated carbocycles. The minimum Gasteiger partial charge on any atom is -0.328 e. The summed E-state index contributed by atoms with van der Waals surface area (Å²) in [5.41, 5.74) is 8.17. The van der Waals surface area contributed by atoms with Gasteiger partial charge in [-0.1, -0.05) is 6.07 Å². The van der Waals surface area contributed by atoms with Gasteiger partial charge in [-0.15, -0.1) is 0 Å². The van der Waals surface area contributed by atoms with Crippen LogP contribution in [0.4, 0.5) is 0 Å². The summed E-state index contributed by atoms with van der Waals surface area (Å²) in [6.07, 6.45) is 6.57. The topological polar surface area (TPSA) is 43.3 Å². The maximum Gasteiger partial charge on any atom is 0.0992 e. The number of hydrogen-bond donors (Lipinski definition) is 1. The van der Waals surface area contributed by atoms with Gasteiger partial charge in [0.25, 0.3) is 0 Å². The van der Waals surface area contributed by atoms with Gasteiger partial charge in [-0.25, -0.2) is 4.98 Å². The second-order valence-corrected chi connectivity index (χ2v) is 3.40. The van der Waals surface area contributed by atoms with Crippen molar-refractivity contribution in [3.8, 4) is 0 Å². The third-order valence-electron chi connectivity index (χ3n) is 2.08. The van der Waals surface area contributed by atoms with Crippen LogP contribution in [0.5, 0.6) is 0 Å². The third kappa shape index (κ3) is 1.55. The number of pyridine rings is 1. The Bertz CT molecular complexity index is 403. The van der Waals surface area contributed by atoms with Crippen LogP contribution < -0.4 is 5.73 Å². The first kappa shape index (κ1) is 8.26. The number of fused-ring (bicyclic) bond motifs is 1. The van der Waals surface area contributed by atoms with Gasteiger partial charge in [0, 0.05) is 12.2 Å². The molecule has 0 aliphatic heterocycles. The molecular formula is C10H13N3. The second-order valence-electron chi connectivity index (χ2n) is 3.40. The van der Waals surface area contributed by atoms with Crippen molar-refractivity contribution >= 4 is 5.52 Å². The summed E-state index contributed by atoms with van der Waals surface area (Å²) in [5.74, 6) is 0. The highest BCUT2D eigenvalue weighted by Gasteiger charge is 2.02. The lowest BCUT2D eigenvalue weighted by atomic mass is 10.1. The average molecular weight is 175 g/mol. The summed E-state index contributed by atoms with van der Waals surface area (Å²) in [5, 5.41) is 0. The normalized spacial score (nSPS) is 13.4. The van der Waals surface area contributed by atoms with E-state index in [1.165, 1.54) is 5.56 Å². The van der Waals surface area contributed by atoms with Crippen molar-refractivity contribution in [2.24, 2.45) is 5.73 Å². The van der Waals surface area contributed by atoms with E-state index in [9.17, 15) is 0 Å². The molecule has 2 heterocycles. The van der Waals surface area contributed by atoms with E-state index in [0.717, 1.165) is 11.9 Å². The first-order chi connectivity index (χ1) is 6.27. The number of aromatic nitrogens is 2. The molecule has 1 unspecified atom stereocenters. The Hall–Kier alpha value is -1.35. The van der Waals surface area contributed by atoms with Crippen LogP contribution in [0.1, 0.15) is 12.5 Å². The molecule has 2 rings (SSSR count). The van der Waals surface area contributed by atoms with E-state index in [0.29, 0.717) is 0 Å². The monoisotopic (exact) mass is 175 g/mol. The first-order valence-corrected chi connectivity index (χ1v) is 4.42. The highest BCUT2D eigenvalue weighted by molar-refractivity contribution is 5.53. The van der Waals surface area contributed by atoms with E-state index in [1.807, 2.05) is 29.8 Å². The number of hydrogen-bond acceptors (Lipinski definition) is 2. The fourth-order valence-electron chi connectivity index (χ4n) is 1.53. The summed E-state index contributed by atoms with van der Waals surface area (Å²) in [6.45, 7) is 2.01. The van der Waals surface area contributed by atoms with E-state index in [4.69, 9.17) is 5.73 Å². The van der Waals surface area contributed by atoms with Gasteiger partial charge in [0.15, 0.2) is 0 Å². The average Bonchev–Trinajstić information content (AvgIpc) is 2.51. The number of nitrogens with two attached hydrogens (primary N) is 1. The predicted octanol–water partition coefficient (Wildman–Crippen LogP) is 1.22. The lowest BCUT2D eigenvalue weighted by Crippen LogP contribution is -2.18. The quantitative estimate of drug-likeness (QED) is 0.745. The Morgan fingerprint density at radius 1 is 1.62 bits per heavy atom. The summed E-state index contributed by atoms with van der Waals surface area (Å²) in [6, 6.07) is 4.31. The van der Waals surface area contributed by atoms with Crippen LogP contribution >= 0.6 is 0 Å². The highest BCUT2D eigenvalue weighted by Crippen LogP contribution is 2.11. The van der Waals surface area contributed by atoms with Crippen LogP contribution in [0.2, 0.25) is 0 Å². The molecule has 2 aromatic rings. The Kier molecular flexibility index (Phi) is 2.02. The van der Waals surface area contributed by atoms with E-state index < -0.39 is 0 Å². The summed E-state index contributed by atoms with van der Waals surface area (Å²) in [4.78, 5) is 4.09. The molecule has 0 amide bonds. The molecule has 0 spiro atoms. The van der Waals surface area contributed by atoms with Crippen molar-refractivity contribution in [2.45, 2.75) is 19.4 Å². The van der Waals surface area contributed by atoms with E-state index in [1.54, 1.807) is 6.33 Å². The van der Waals surface area contributed by atoms with Gasteiger partial charge in [0.2, 0.25) is 0 Å². The lowest BCUT2D eigenvalue weighted by molar-refractivity contribution is 0.739. The Labute approximate surface area is 77.2 Å². The zero-order chi connectivity index (χ0) is 9.26. The molecule has 0 radical (unpaired) electrons. The minimum atomic E-state index is 0.195. The van der Waals surface area contributed by atoms with Gasteiger partial charge in [-0.3, -0.25) is 0 Å². The summed E-state index contributed by atoms with van der Waals surface area (Å²) in [7, 11) is 0. The zero-order valence-corrected chi connectivity index (χ0v) is 7.64. The van der Waals surface area contributed by atoms with Crippen molar-refractivity contribution in [3.63, 3.8) is 0 Å². The van der Waals surface area contributed by atoms with Crippen molar-refractivity contribution in [2.75, 3.05) is 0 Å². The summed E-state index contributed by atoms with van der Waals surface area (Å²) < 4.78 is 2.01. The number of rotatable bonds is 2. The minimum absolute atomic E-state index is 0.195. The maximum absolute atomic E-state index is 5.75. The fourth-order valence-corrected chi connectivity index (χ4v) is 1.53. The Morgan fingerprint density at radius 2 is 2.46 bits per heavy atom. The van der Waals surface area contributed by atoms with Crippen LogP contribution in [0.3, 0.4) is 0 Å². The third-order valence-corrected chi connectivity index (χ3v) is 2.08. The van der Waals surface area contributed by atoms with Crippen LogP contribution in [-0.4, -0.2) is 15.4 Å². The van der Waals surface area contributed by atoms with Crippen LogP contribution in [-0.2, 0) is 6.42 Å². The lowest BCUT2D eigenvalue weighted by Gasteiger charge is -2.06. The van der Waals surface area contributed by atoms with Gasteiger partial charge in [-0.05, 0) is 25.0 Å². The molecule has 13 heavy (non-hydrogen) atoms. The fraction of sp³-hybridized carbons (Fsp3) is 0.300. The van der Waals surface area contributed by atoms with Crippen molar-refractivity contribution in [1.82, 2.24) is 9.38 Å². The predicted molar refractivity (Wildman–Crippen MR) is 52.5 cm³/mol. The second kappa shape index (κ2) is 3.18. The van der Waals surface area contributed by atoms with Gasteiger partial charge in [0.1, 0.15) is 0 Å². The molecule has 3 nitrogen and oxygen atoms in total. The molecule has 0 aliphatic rings. The van der Waals surface area contributed by atoms with Gasteiger partial charge in [-0.2, -0.15) is 0 Å². The van der Waals surface area contributed by atoms with Crippen molar-refractivity contribution in [1.29, 1.82) is 0 Å². The van der Waals surface area contributed by atoms with Crippen molar-refractivity contribution in [3.05, 3.63) is 36.4 Å². The van der Waals surface area contributed by atoms with Gasteiger partial charge in [0.05, 0.1) is 18.0 Å². The Morgan fingerprint density at radius 3 is 3.23 bits per heavy atom. The molecule has 0 fully saturated rings. The van der Waals surface area contributed by atoms with Crippen LogP contribution in [0, 0.1) is 0 Å². The van der Waals surface area contributed by atoms with Crippen LogP contribution in [0.15, 0.2) is 30.9 Å². The van der Waals surface area contributed by atoms with E-state index >= 15 is 0 Å². The van der Waals surface area contributed by atoms with Crippen molar-refractivity contribution < 1.29 is 0 Å². The highest BCUT2D eigenvalue weighted by atomic mass is 15.0. The molecule has 2 N–H and O–H groups in total.